The molecular formula is C31H33F3I2N2O7. The molecule has 0 saturated heterocycles. The summed E-state index contributed by atoms with van der Waals surface area (Å²) in [6.07, 6.45) is 2.60. The number of ether oxygens (including phenoxy) is 2. The summed E-state index contributed by atoms with van der Waals surface area (Å²) in [5.74, 6) is -4.66. The van der Waals surface area contributed by atoms with Gasteiger partial charge in [0.1, 0.15) is 28.6 Å². The fraction of sp³-hybridized carbons (Fsp3) is 0.355. The normalized spacial score (nSPS) is 12.0. The minimum absolute atomic E-state index is 0.0121. The van der Waals surface area contributed by atoms with Gasteiger partial charge in [0.2, 0.25) is 11.2 Å². The van der Waals surface area contributed by atoms with E-state index >= 15 is 0 Å². The predicted octanol–water partition coefficient (Wildman–Crippen LogP) is 5.87. The van der Waals surface area contributed by atoms with Gasteiger partial charge in [-0.3, -0.25) is 9.59 Å². The first-order valence-corrected chi connectivity index (χ1v) is 15.8. The van der Waals surface area contributed by atoms with Crippen LogP contribution in [-0.4, -0.2) is 66.2 Å². The lowest BCUT2D eigenvalue weighted by molar-refractivity contribution is -0.138. The Hall–Kier alpha value is -2.99. The summed E-state index contributed by atoms with van der Waals surface area (Å²) >= 11 is 3.44. The molecule has 0 radical (unpaired) electrons. The van der Waals surface area contributed by atoms with Gasteiger partial charge in [-0.25, -0.2) is 22.8 Å². The smallest absolute Gasteiger partial charge is 0.343 e. The van der Waals surface area contributed by atoms with E-state index in [4.69, 9.17) is 9.47 Å². The SMILES string of the molecule is CCOC(=O)C(=CN(C)C)C(=O)c1cc(I)c(F)cc1F.CCOC(=O)c1cn([C@@H](CO)C(C)C)c2cc(F)c(I)cc2c1=O. The van der Waals surface area contributed by atoms with Gasteiger partial charge >= 0.3 is 11.9 Å². The van der Waals surface area contributed by atoms with E-state index in [1.165, 1.54) is 29.4 Å². The number of aromatic nitrogens is 1. The Morgan fingerprint density at radius 2 is 1.51 bits per heavy atom. The zero-order chi connectivity index (χ0) is 34.2. The van der Waals surface area contributed by atoms with Crippen molar-refractivity contribution in [3.63, 3.8) is 0 Å². The Bertz CT molecular complexity index is 1670. The Balaban J connectivity index is 0.000000317. The molecule has 0 aliphatic rings. The highest BCUT2D eigenvalue weighted by atomic mass is 127. The lowest BCUT2D eigenvalue weighted by atomic mass is 10.0. The number of benzene rings is 2. The molecule has 1 N–H and O–H groups in total. The number of nitrogens with zero attached hydrogens (tertiary/aromatic N) is 2. The van der Waals surface area contributed by atoms with Crippen molar-refractivity contribution < 1.29 is 42.1 Å². The van der Waals surface area contributed by atoms with Gasteiger partial charge in [-0.2, -0.15) is 0 Å². The summed E-state index contributed by atoms with van der Waals surface area (Å²) in [7, 11) is 3.22. The number of aliphatic hydroxyl groups excluding tert-OH is 1. The van der Waals surface area contributed by atoms with Crippen molar-refractivity contribution in [2.45, 2.75) is 33.7 Å². The summed E-state index contributed by atoms with van der Waals surface area (Å²) in [6, 6.07) is 3.96. The number of pyridine rings is 1. The van der Waals surface area contributed by atoms with Crippen LogP contribution in [0.4, 0.5) is 13.2 Å². The number of rotatable bonds is 10. The van der Waals surface area contributed by atoms with Gasteiger partial charge in [-0.1, -0.05) is 13.8 Å². The molecule has 0 unspecified atom stereocenters. The number of halogens is 5. The quantitative estimate of drug-likeness (QED) is 0.0513. The van der Waals surface area contributed by atoms with E-state index < -0.39 is 46.6 Å². The molecule has 0 saturated carbocycles. The average molecular weight is 856 g/mol. The van der Waals surface area contributed by atoms with E-state index in [1.54, 1.807) is 77.7 Å². The minimum atomic E-state index is -1.02. The molecule has 2 aromatic carbocycles. The molecule has 3 aromatic rings. The third-order valence-corrected chi connectivity index (χ3v) is 7.92. The highest BCUT2D eigenvalue weighted by molar-refractivity contribution is 14.1. The van der Waals surface area contributed by atoms with Gasteiger partial charge in [0.15, 0.2) is 0 Å². The molecular weight excluding hydrogens is 823 g/mol. The number of carbonyl (C=O) groups excluding carboxylic acids is 3. The second-order valence-corrected chi connectivity index (χ2v) is 12.4. The zero-order valence-corrected chi connectivity index (χ0v) is 29.7. The minimum Gasteiger partial charge on any atom is -0.462 e. The second-order valence-electron chi connectivity index (χ2n) is 10.1. The van der Waals surface area contributed by atoms with Crippen LogP contribution in [0.1, 0.15) is 54.5 Å². The van der Waals surface area contributed by atoms with E-state index in [9.17, 15) is 37.5 Å². The Labute approximate surface area is 285 Å². The predicted molar refractivity (Wildman–Crippen MR) is 180 cm³/mol. The third-order valence-electron chi connectivity index (χ3n) is 6.27. The van der Waals surface area contributed by atoms with Crippen LogP contribution in [0.3, 0.4) is 0 Å². The number of aliphatic hydroxyl groups is 1. The molecule has 244 valence electrons. The van der Waals surface area contributed by atoms with Crippen LogP contribution in [0.25, 0.3) is 10.9 Å². The van der Waals surface area contributed by atoms with Crippen LogP contribution in [0.2, 0.25) is 0 Å². The first kappa shape index (κ1) is 38.2. The highest BCUT2D eigenvalue weighted by Crippen LogP contribution is 2.26. The van der Waals surface area contributed by atoms with E-state index in [0.717, 1.165) is 6.07 Å². The van der Waals surface area contributed by atoms with Crippen molar-refractivity contribution >= 4 is 73.8 Å². The molecule has 0 spiro atoms. The monoisotopic (exact) mass is 856 g/mol. The van der Waals surface area contributed by atoms with Crippen molar-refractivity contribution in [2.24, 2.45) is 5.92 Å². The molecule has 1 heterocycles. The maximum Gasteiger partial charge on any atom is 0.343 e. The fourth-order valence-corrected chi connectivity index (χ4v) is 5.04. The maximum atomic E-state index is 14.0. The average Bonchev–Trinajstić information content (AvgIpc) is 2.96. The van der Waals surface area contributed by atoms with Crippen LogP contribution in [-0.2, 0) is 14.3 Å². The van der Waals surface area contributed by atoms with Gasteiger partial charge < -0.3 is 24.0 Å². The highest BCUT2D eigenvalue weighted by Gasteiger charge is 2.26. The Morgan fingerprint density at radius 1 is 0.933 bits per heavy atom. The summed E-state index contributed by atoms with van der Waals surface area (Å²) < 4.78 is 52.7. The molecule has 9 nitrogen and oxygen atoms in total. The summed E-state index contributed by atoms with van der Waals surface area (Å²) in [6.45, 7) is 7.07. The number of hydrogen-bond acceptors (Lipinski definition) is 8. The van der Waals surface area contributed by atoms with Crippen LogP contribution < -0.4 is 5.43 Å². The molecule has 0 fully saturated rings. The van der Waals surface area contributed by atoms with Crippen LogP contribution in [0.5, 0.6) is 0 Å². The number of esters is 2. The standard InChI is InChI=1S/C17H19FINO4.C14H14F2INO3/c1-4-24-17(23)11-7-20(15(8-21)9(2)3)14-6-12(18)13(19)5-10(14)16(11)22;1-4-21-14(20)9(7-18(2)3)13(19)8-5-12(17)11(16)6-10(8)15/h5-7,9,15,21H,4,8H2,1-3H3;5-7H,4H2,1-3H3/t15-;/m0./s1. The number of ketones is 1. The van der Waals surface area contributed by atoms with E-state index in [2.05, 4.69) is 0 Å². The first-order valence-electron chi connectivity index (χ1n) is 13.7. The van der Waals surface area contributed by atoms with Gasteiger partial charge in [-0.15, -0.1) is 0 Å². The van der Waals surface area contributed by atoms with Crippen LogP contribution >= 0.6 is 45.2 Å². The molecule has 0 aliphatic carbocycles. The third kappa shape index (κ3) is 9.51. The summed E-state index contributed by atoms with van der Waals surface area (Å²) in [5, 5.41) is 9.95. The molecule has 14 heteroatoms. The van der Waals surface area contributed by atoms with Crippen LogP contribution in [0.15, 0.2) is 47.0 Å². The molecule has 1 aromatic heterocycles. The van der Waals surface area contributed by atoms with Crippen LogP contribution in [0, 0.1) is 30.5 Å². The second kappa shape index (κ2) is 17.1. The maximum absolute atomic E-state index is 14.0. The molecule has 0 aliphatic heterocycles. The van der Waals surface area contributed by atoms with E-state index in [0.29, 0.717) is 11.6 Å². The fourth-order valence-electron chi connectivity index (χ4n) is 4.11. The van der Waals surface area contributed by atoms with Gasteiger partial charge in [0, 0.05) is 45.1 Å². The topological polar surface area (TPSA) is 115 Å². The number of hydrogen-bond donors (Lipinski definition) is 1. The summed E-state index contributed by atoms with van der Waals surface area (Å²) in [5.41, 5.74) is -0.965. The van der Waals surface area contributed by atoms with Gasteiger partial charge in [-0.05, 0) is 83.1 Å². The Kier molecular flexibility index (Phi) is 14.5. The van der Waals surface area contributed by atoms with Crippen molar-refractivity contribution in [1.29, 1.82) is 0 Å². The summed E-state index contributed by atoms with van der Waals surface area (Å²) in [4.78, 5) is 50.4. The lowest BCUT2D eigenvalue weighted by Crippen LogP contribution is -2.26. The van der Waals surface area contributed by atoms with Crippen molar-refractivity contribution in [3.8, 4) is 0 Å². The molecule has 0 bridgehead atoms. The largest absolute Gasteiger partial charge is 0.462 e. The van der Waals surface area contributed by atoms with E-state index in [-0.39, 0.29) is 55.0 Å². The number of fused-ring (bicyclic) bond motifs is 1. The lowest BCUT2D eigenvalue weighted by Gasteiger charge is -2.25. The van der Waals surface area contributed by atoms with Crippen molar-refractivity contribution in [3.05, 3.63) is 88.2 Å². The molecule has 45 heavy (non-hydrogen) atoms. The Morgan fingerprint density at radius 3 is 2.04 bits per heavy atom. The van der Waals surface area contributed by atoms with Crippen molar-refractivity contribution in [2.75, 3.05) is 33.9 Å². The number of Topliss-reactive ketones (excluding diaryl/α,β-unsaturated/α-hetero) is 1. The van der Waals surface area contributed by atoms with Gasteiger partial charge in [0.25, 0.3) is 0 Å². The molecule has 3 rings (SSSR count). The molecule has 1 atom stereocenters. The van der Waals surface area contributed by atoms with Crippen molar-refractivity contribution in [1.82, 2.24) is 9.47 Å². The molecule has 0 amide bonds. The van der Waals surface area contributed by atoms with E-state index in [1.807, 2.05) is 13.8 Å². The number of carbonyl (C=O) groups is 3. The van der Waals surface area contributed by atoms with Gasteiger partial charge in [0.05, 0.1) is 36.9 Å². The first-order chi connectivity index (χ1) is 21.1. The zero-order valence-electron chi connectivity index (χ0n) is 25.4.